The number of rotatable bonds is 7. The van der Waals surface area contributed by atoms with Crippen LogP contribution in [0.2, 0.25) is 0 Å². The van der Waals surface area contributed by atoms with Crippen molar-refractivity contribution < 1.29 is 31.3 Å². The van der Waals surface area contributed by atoms with E-state index in [0.29, 0.717) is 0 Å². The zero-order valence-corrected chi connectivity index (χ0v) is 18.8. The van der Waals surface area contributed by atoms with E-state index in [4.69, 9.17) is 5.11 Å². The molecule has 2 N–H and O–H groups in total. The van der Waals surface area contributed by atoms with Crippen molar-refractivity contribution >= 4 is 26.1 Å². The van der Waals surface area contributed by atoms with Gasteiger partial charge in [-0.25, -0.2) is 12.7 Å². The van der Waals surface area contributed by atoms with Crippen LogP contribution in [-0.2, 0) is 24.9 Å². The molecule has 0 aromatic carbocycles. The Kier molecular flexibility index (Phi) is 6.55. The third-order valence-corrected chi connectivity index (χ3v) is 11.7. The molecule has 0 aromatic heterocycles. The number of hydrogen-bond donors (Lipinski definition) is 2. The van der Waals surface area contributed by atoms with Crippen LogP contribution < -0.4 is 0 Å². The lowest BCUT2D eigenvalue weighted by Gasteiger charge is -2.51. The SMILES string of the molecule is CC(C(C)(C)C(C)(C)S(=O)(=O)N1CCC(C(=O)O)CC1)C(C)(C)S(=O)(=O)O. The van der Waals surface area contributed by atoms with Crippen molar-refractivity contribution in [2.45, 2.75) is 70.8 Å². The summed E-state index contributed by atoms with van der Waals surface area (Å²) in [4.78, 5) is 11.1. The summed E-state index contributed by atoms with van der Waals surface area (Å²) in [5.41, 5.74) is -1.02. The minimum atomic E-state index is -4.41. The molecule has 0 bridgehead atoms. The Balaban J connectivity index is 3.24. The first-order valence-corrected chi connectivity index (χ1v) is 11.9. The fourth-order valence-corrected chi connectivity index (χ4v) is 6.53. The van der Waals surface area contributed by atoms with Gasteiger partial charge >= 0.3 is 5.97 Å². The number of piperidine rings is 1. The monoisotopic (exact) mass is 427 g/mol. The molecule has 1 fully saturated rings. The fraction of sp³-hybridized carbons (Fsp3) is 0.941. The Morgan fingerprint density at radius 1 is 1.00 bits per heavy atom. The molecular formula is C17H33NO7S2. The summed E-state index contributed by atoms with van der Waals surface area (Å²) in [6.45, 7) is 11.1. The third-order valence-electron chi connectivity index (χ3n) is 7.13. The van der Waals surface area contributed by atoms with Crippen molar-refractivity contribution in [2.24, 2.45) is 17.3 Å². The van der Waals surface area contributed by atoms with Gasteiger partial charge in [0.15, 0.2) is 0 Å². The number of carboxylic acid groups (broad SMARTS) is 1. The highest BCUT2D eigenvalue weighted by molar-refractivity contribution is 7.90. The maximum absolute atomic E-state index is 13.4. The number of carboxylic acids is 1. The summed E-state index contributed by atoms with van der Waals surface area (Å²) in [6.07, 6.45) is 0.494. The first-order valence-electron chi connectivity index (χ1n) is 9.01. The van der Waals surface area contributed by atoms with Crippen molar-refractivity contribution in [2.75, 3.05) is 13.1 Å². The molecule has 0 radical (unpaired) electrons. The van der Waals surface area contributed by atoms with Gasteiger partial charge in [-0.05, 0) is 51.9 Å². The van der Waals surface area contributed by atoms with Gasteiger partial charge in [0.05, 0.1) is 15.4 Å². The summed E-state index contributed by atoms with van der Waals surface area (Å²) in [7, 11) is -8.26. The number of hydrogen-bond acceptors (Lipinski definition) is 5. The van der Waals surface area contributed by atoms with Crippen molar-refractivity contribution in [3.8, 4) is 0 Å². The second-order valence-electron chi connectivity index (χ2n) is 9.05. The Labute approximate surface area is 163 Å². The highest BCUT2D eigenvalue weighted by Gasteiger charge is 2.57. The molecule has 0 spiro atoms. The van der Waals surface area contributed by atoms with E-state index < -0.39 is 52.9 Å². The van der Waals surface area contributed by atoms with Gasteiger partial charge in [0.25, 0.3) is 10.1 Å². The van der Waals surface area contributed by atoms with Gasteiger partial charge in [0.2, 0.25) is 10.0 Å². The van der Waals surface area contributed by atoms with Crippen LogP contribution in [-0.4, -0.2) is 59.4 Å². The van der Waals surface area contributed by atoms with E-state index in [0.717, 1.165) is 0 Å². The zero-order valence-electron chi connectivity index (χ0n) is 17.2. The first kappa shape index (κ1) is 24.3. The Morgan fingerprint density at radius 3 is 1.74 bits per heavy atom. The summed E-state index contributed by atoms with van der Waals surface area (Å²) >= 11 is 0. The predicted molar refractivity (Wildman–Crippen MR) is 104 cm³/mol. The van der Waals surface area contributed by atoms with Gasteiger partial charge in [-0.3, -0.25) is 9.35 Å². The predicted octanol–water partition coefficient (Wildman–Crippen LogP) is 2.22. The van der Waals surface area contributed by atoms with Crippen LogP contribution in [0.25, 0.3) is 0 Å². The molecule has 160 valence electrons. The second-order valence-corrected chi connectivity index (χ2v) is 13.5. The molecule has 27 heavy (non-hydrogen) atoms. The van der Waals surface area contributed by atoms with Crippen LogP contribution in [0, 0.1) is 17.3 Å². The molecule has 1 saturated heterocycles. The third kappa shape index (κ3) is 4.04. The molecule has 0 amide bonds. The van der Waals surface area contributed by atoms with Crippen LogP contribution >= 0.6 is 0 Å². The van der Waals surface area contributed by atoms with Crippen molar-refractivity contribution in [1.82, 2.24) is 4.31 Å². The molecule has 1 aliphatic rings. The van der Waals surface area contributed by atoms with E-state index in [-0.39, 0.29) is 25.9 Å². The van der Waals surface area contributed by atoms with E-state index in [9.17, 15) is 26.2 Å². The highest BCUT2D eigenvalue weighted by Crippen LogP contribution is 2.50. The van der Waals surface area contributed by atoms with Crippen molar-refractivity contribution in [3.05, 3.63) is 0 Å². The van der Waals surface area contributed by atoms with E-state index in [1.807, 2.05) is 0 Å². The molecule has 1 aliphatic heterocycles. The molecule has 0 saturated carbocycles. The van der Waals surface area contributed by atoms with Gasteiger partial charge in [-0.1, -0.05) is 20.8 Å². The van der Waals surface area contributed by atoms with Gasteiger partial charge in [-0.15, -0.1) is 0 Å². The second kappa shape index (κ2) is 7.27. The molecule has 1 rings (SSSR count). The minimum absolute atomic E-state index is 0.120. The van der Waals surface area contributed by atoms with E-state index in [1.54, 1.807) is 34.6 Å². The van der Waals surface area contributed by atoms with E-state index in [1.165, 1.54) is 18.2 Å². The largest absolute Gasteiger partial charge is 0.481 e. The summed E-state index contributed by atoms with van der Waals surface area (Å²) in [6, 6.07) is 0. The van der Waals surface area contributed by atoms with Gasteiger partial charge < -0.3 is 5.11 Å². The smallest absolute Gasteiger partial charge is 0.306 e. The summed E-state index contributed by atoms with van der Waals surface area (Å²) in [5.74, 6) is -2.17. The van der Waals surface area contributed by atoms with Crippen LogP contribution in [0.3, 0.4) is 0 Å². The van der Waals surface area contributed by atoms with Crippen molar-refractivity contribution in [1.29, 1.82) is 0 Å². The fourth-order valence-electron chi connectivity index (χ4n) is 3.61. The number of nitrogens with zero attached hydrogens (tertiary/aromatic N) is 1. The molecule has 8 nitrogen and oxygen atoms in total. The van der Waals surface area contributed by atoms with E-state index >= 15 is 0 Å². The Hall–Kier alpha value is -0.710. The zero-order chi connectivity index (χ0) is 21.6. The molecule has 1 atom stereocenters. The average molecular weight is 428 g/mol. The van der Waals surface area contributed by atoms with Gasteiger partial charge in [-0.2, -0.15) is 8.42 Å². The molecule has 1 unspecified atom stereocenters. The highest BCUT2D eigenvalue weighted by atomic mass is 32.2. The van der Waals surface area contributed by atoms with Crippen LogP contribution in [0.4, 0.5) is 0 Å². The maximum Gasteiger partial charge on any atom is 0.306 e. The number of carbonyl (C=O) groups is 1. The summed E-state index contributed by atoms with van der Waals surface area (Å²) in [5, 5.41) is 9.11. The molecule has 0 aromatic rings. The van der Waals surface area contributed by atoms with Crippen LogP contribution in [0.15, 0.2) is 0 Å². The van der Waals surface area contributed by atoms with Crippen molar-refractivity contribution in [3.63, 3.8) is 0 Å². The Morgan fingerprint density at radius 2 is 1.41 bits per heavy atom. The van der Waals surface area contributed by atoms with Crippen LogP contribution in [0.5, 0.6) is 0 Å². The molecular weight excluding hydrogens is 394 g/mol. The molecule has 1 heterocycles. The number of aliphatic carboxylic acids is 1. The normalized spacial score (nSPS) is 20.4. The van der Waals surface area contributed by atoms with Gasteiger partial charge in [0, 0.05) is 13.1 Å². The lowest BCUT2D eigenvalue weighted by molar-refractivity contribution is -0.142. The lowest BCUT2D eigenvalue weighted by Crippen LogP contribution is -2.60. The van der Waals surface area contributed by atoms with Gasteiger partial charge in [0.1, 0.15) is 0 Å². The molecule has 0 aliphatic carbocycles. The lowest BCUT2D eigenvalue weighted by atomic mass is 9.66. The quantitative estimate of drug-likeness (QED) is 0.596. The standard InChI is InChI=1S/C17H33NO7S2/c1-12(16(4,5)27(23,24)25)15(2,3)17(6,7)26(21,22)18-10-8-13(9-11-18)14(19)20/h12-13H,8-11H2,1-7H3,(H,19,20)(H,23,24,25). The average Bonchev–Trinajstić information content (AvgIpc) is 2.52. The Bertz CT molecular complexity index is 774. The number of sulfonamides is 1. The topological polar surface area (TPSA) is 129 Å². The first-order chi connectivity index (χ1) is 11.8. The molecule has 10 heteroatoms. The maximum atomic E-state index is 13.4. The van der Waals surface area contributed by atoms with Crippen LogP contribution in [0.1, 0.15) is 61.3 Å². The minimum Gasteiger partial charge on any atom is -0.481 e. The van der Waals surface area contributed by atoms with E-state index in [2.05, 4.69) is 0 Å². The summed E-state index contributed by atoms with van der Waals surface area (Å²) < 4.78 is 58.5.